The molecule has 0 unspecified atom stereocenters. The Kier molecular flexibility index (Phi) is 6.62. The third-order valence-corrected chi connectivity index (χ3v) is 6.64. The lowest BCUT2D eigenvalue weighted by Gasteiger charge is -2.15. The fourth-order valence-corrected chi connectivity index (χ4v) is 4.68. The molecule has 0 aliphatic carbocycles. The van der Waals surface area contributed by atoms with Crippen LogP contribution in [0.25, 0.3) is 10.9 Å². The molecule has 4 rings (SSSR count). The average Bonchev–Trinajstić information content (AvgIpc) is 3.22. The summed E-state index contributed by atoms with van der Waals surface area (Å²) in [5.74, 6) is -1.29. The van der Waals surface area contributed by atoms with E-state index in [-0.39, 0.29) is 11.3 Å². The molecule has 0 radical (unpaired) electrons. The van der Waals surface area contributed by atoms with E-state index < -0.39 is 28.1 Å². The molecule has 34 heavy (non-hydrogen) atoms. The number of fused-ring (bicyclic) bond motifs is 1. The Morgan fingerprint density at radius 3 is 2.15 bits per heavy atom. The van der Waals surface area contributed by atoms with Crippen molar-refractivity contribution in [1.82, 2.24) is 9.71 Å². The van der Waals surface area contributed by atoms with Crippen molar-refractivity contribution in [1.29, 1.82) is 0 Å². The Balaban J connectivity index is 1.44. The number of sulfonamides is 1. The Morgan fingerprint density at radius 2 is 1.47 bits per heavy atom. The summed E-state index contributed by atoms with van der Waals surface area (Å²) in [6, 6.07) is 19.8. The minimum absolute atomic E-state index is 0.0299. The molecule has 0 aliphatic heterocycles. The van der Waals surface area contributed by atoms with Crippen molar-refractivity contribution >= 4 is 44.3 Å². The van der Waals surface area contributed by atoms with Gasteiger partial charge >= 0.3 is 12.0 Å². The van der Waals surface area contributed by atoms with Crippen LogP contribution in [0, 0.1) is 0 Å². The minimum Gasteiger partial charge on any atom is -0.480 e. The van der Waals surface area contributed by atoms with Crippen molar-refractivity contribution in [3.05, 3.63) is 90.6 Å². The minimum atomic E-state index is -4.12. The molecular formula is C24H22N4O5S. The Hall–Kier alpha value is -4.15. The molecule has 0 saturated carbocycles. The Bertz CT molecular complexity index is 1420. The standard InChI is InChI=1S/C24H22N4O5S/c29-23(30)22(14-16-15-25-21-9-5-4-8-20(16)21)28-34(32,33)19-12-10-18(11-13-19)27-24(31)26-17-6-2-1-3-7-17/h1-13,15,22,25,28H,14H2,(H,29,30)(H2,26,27,31)/t22-/m1/s1. The zero-order valence-electron chi connectivity index (χ0n) is 17.9. The number of carbonyl (C=O) groups excluding carboxylic acids is 1. The summed E-state index contributed by atoms with van der Waals surface area (Å²) in [5.41, 5.74) is 2.51. The maximum Gasteiger partial charge on any atom is 0.323 e. The number of urea groups is 1. The lowest BCUT2D eigenvalue weighted by atomic mass is 10.1. The third kappa shape index (κ3) is 5.42. The van der Waals surface area contributed by atoms with E-state index in [2.05, 4.69) is 20.3 Å². The molecule has 1 aromatic heterocycles. The van der Waals surface area contributed by atoms with E-state index in [1.807, 2.05) is 30.3 Å². The Labute approximate surface area is 195 Å². The van der Waals surface area contributed by atoms with Gasteiger partial charge in [-0.15, -0.1) is 0 Å². The van der Waals surface area contributed by atoms with Gasteiger partial charge in [0.1, 0.15) is 6.04 Å². The number of anilines is 2. The summed E-state index contributed by atoms with van der Waals surface area (Å²) < 4.78 is 27.9. The molecule has 10 heteroatoms. The van der Waals surface area contributed by atoms with Gasteiger partial charge in [0.2, 0.25) is 10.0 Å². The first-order valence-corrected chi connectivity index (χ1v) is 11.8. The van der Waals surface area contributed by atoms with Gasteiger partial charge < -0.3 is 20.7 Å². The van der Waals surface area contributed by atoms with Crippen LogP contribution in [0.4, 0.5) is 16.2 Å². The summed E-state index contributed by atoms with van der Waals surface area (Å²) in [5, 5.41) is 15.7. The SMILES string of the molecule is O=C(Nc1ccccc1)Nc1ccc(S(=O)(=O)N[C@H](Cc2c[nH]c3ccccc23)C(=O)O)cc1. The van der Waals surface area contributed by atoms with Crippen LogP contribution in [-0.2, 0) is 21.2 Å². The van der Waals surface area contributed by atoms with E-state index in [9.17, 15) is 23.1 Å². The first-order chi connectivity index (χ1) is 16.3. The van der Waals surface area contributed by atoms with Crippen LogP contribution in [0.2, 0.25) is 0 Å². The molecule has 5 N–H and O–H groups in total. The van der Waals surface area contributed by atoms with Gasteiger partial charge in [-0.3, -0.25) is 4.79 Å². The smallest absolute Gasteiger partial charge is 0.323 e. The molecule has 4 aromatic rings. The predicted octanol–water partition coefficient (Wildman–Crippen LogP) is 3.79. The highest BCUT2D eigenvalue weighted by Crippen LogP contribution is 2.20. The van der Waals surface area contributed by atoms with E-state index in [4.69, 9.17) is 0 Å². The summed E-state index contributed by atoms with van der Waals surface area (Å²) in [6.07, 6.45) is 1.65. The van der Waals surface area contributed by atoms with Gasteiger partial charge in [0.15, 0.2) is 0 Å². The van der Waals surface area contributed by atoms with Crippen LogP contribution in [0.3, 0.4) is 0 Å². The van der Waals surface area contributed by atoms with Crippen LogP contribution in [0.15, 0.2) is 90.0 Å². The van der Waals surface area contributed by atoms with Crippen molar-refractivity contribution in [2.24, 2.45) is 0 Å². The monoisotopic (exact) mass is 478 g/mol. The van der Waals surface area contributed by atoms with Crippen molar-refractivity contribution in [3.63, 3.8) is 0 Å². The number of rotatable bonds is 8. The van der Waals surface area contributed by atoms with Crippen molar-refractivity contribution < 1.29 is 23.1 Å². The molecule has 0 aliphatic rings. The topological polar surface area (TPSA) is 140 Å². The third-order valence-electron chi connectivity index (χ3n) is 5.15. The van der Waals surface area contributed by atoms with Crippen LogP contribution >= 0.6 is 0 Å². The van der Waals surface area contributed by atoms with E-state index in [0.717, 1.165) is 10.9 Å². The van der Waals surface area contributed by atoms with Crippen LogP contribution < -0.4 is 15.4 Å². The first kappa shape index (κ1) is 23.0. The summed E-state index contributed by atoms with van der Waals surface area (Å²) in [6.45, 7) is 0. The Morgan fingerprint density at radius 1 is 0.853 bits per heavy atom. The number of carbonyl (C=O) groups is 2. The predicted molar refractivity (Wildman–Crippen MR) is 129 cm³/mol. The second-order valence-corrected chi connectivity index (χ2v) is 9.26. The molecule has 174 valence electrons. The molecule has 1 atom stereocenters. The number of aromatic amines is 1. The fraction of sp³-hybridized carbons (Fsp3) is 0.0833. The average molecular weight is 479 g/mol. The van der Waals surface area contributed by atoms with E-state index in [1.165, 1.54) is 24.3 Å². The van der Waals surface area contributed by atoms with Gasteiger partial charge in [-0.1, -0.05) is 36.4 Å². The number of para-hydroxylation sites is 2. The lowest BCUT2D eigenvalue weighted by molar-refractivity contribution is -0.138. The van der Waals surface area contributed by atoms with Gasteiger partial charge in [0.05, 0.1) is 4.90 Å². The number of hydrogen-bond donors (Lipinski definition) is 5. The number of carboxylic acid groups (broad SMARTS) is 1. The number of hydrogen-bond acceptors (Lipinski definition) is 4. The van der Waals surface area contributed by atoms with Gasteiger partial charge in [0.25, 0.3) is 0 Å². The zero-order valence-corrected chi connectivity index (χ0v) is 18.7. The number of H-pyrrole nitrogens is 1. The van der Waals surface area contributed by atoms with E-state index in [0.29, 0.717) is 16.9 Å². The zero-order chi connectivity index (χ0) is 24.1. The second-order valence-electron chi connectivity index (χ2n) is 7.55. The first-order valence-electron chi connectivity index (χ1n) is 10.3. The maximum atomic E-state index is 12.8. The van der Waals surface area contributed by atoms with Crippen molar-refractivity contribution in [2.45, 2.75) is 17.4 Å². The molecular weight excluding hydrogens is 456 g/mol. The molecule has 0 saturated heterocycles. The number of benzene rings is 3. The molecule has 0 spiro atoms. The number of amides is 2. The number of nitrogens with one attached hydrogen (secondary N) is 4. The van der Waals surface area contributed by atoms with Crippen LogP contribution in [0.5, 0.6) is 0 Å². The number of aliphatic carboxylic acids is 1. The highest BCUT2D eigenvalue weighted by molar-refractivity contribution is 7.89. The fourth-order valence-electron chi connectivity index (χ4n) is 3.49. The molecule has 0 fully saturated rings. The van der Waals surface area contributed by atoms with E-state index in [1.54, 1.807) is 30.5 Å². The van der Waals surface area contributed by atoms with Crippen molar-refractivity contribution in [2.75, 3.05) is 10.6 Å². The molecule has 3 aromatic carbocycles. The van der Waals surface area contributed by atoms with Gasteiger partial charge in [-0.05, 0) is 48.0 Å². The highest BCUT2D eigenvalue weighted by atomic mass is 32.2. The van der Waals surface area contributed by atoms with Gasteiger partial charge in [-0.2, -0.15) is 4.72 Å². The number of aromatic nitrogens is 1. The molecule has 2 amide bonds. The largest absolute Gasteiger partial charge is 0.480 e. The highest BCUT2D eigenvalue weighted by Gasteiger charge is 2.26. The normalized spacial score (nSPS) is 12.2. The second kappa shape index (κ2) is 9.77. The summed E-state index contributed by atoms with van der Waals surface area (Å²) in [4.78, 5) is 26.8. The van der Waals surface area contributed by atoms with Crippen LogP contribution in [-0.4, -0.2) is 36.6 Å². The summed E-state index contributed by atoms with van der Waals surface area (Å²) in [7, 11) is -4.12. The van der Waals surface area contributed by atoms with Crippen molar-refractivity contribution in [3.8, 4) is 0 Å². The molecule has 1 heterocycles. The quantitative estimate of drug-likeness (QED) is 0.262. The van der Waals surface area contributed by atoms with E-state index >= 15 is 0 Å². The number of carboxylic acids is 1. The molecule has 9 nitrogen and oxygen atoms in total. The maximum absolute atomic E-state index is 12.8. The summed E-state index contributed by atoms with van der Waals surface area (Å²) >= 11 is 0. The van der Waals surface area contributed by atoms with Crippen LogP contribution in [0.1, 0.15) is 5.56 Å². The van der Waals surface area contributed by atoms with Gasteiger partial charge in [0, 0.05) is 34.9 Å². The van der Waals surface area contributed by atoms with Gasteiger partial charge in [-0.25, -0.2) is 13.2 Å². The molecule has 0 bridgehead atoms. The lowest BCUT2D eigenvalue weighted by Crippen LogP contribution is -2.42.